The normalized spacial score (nSPS) is 14.3. The Balaban J connectivity index is 1.50. The summed E-state index contributed by atoms with van der Waals surface area (Å²) in [6.07, 6.45) is 0. The monoisotopic (exact) mass is 352 g/mol. The second kappa shape index (κ2) is 8.99. The fraction of sp³-hybridized carbons (Fsp3) is 0.300. The minimum atomic E-state index is -0.422. The van der Waals surface area contributed by atoms with Crippen LogP contribution in [0.3, 0.4) is 0 Å². The van der Waals surface area contributed by atoms with Crippen molar-refractivity contribution in [2.45, 2.75) is 0 Å². The topological polar surface area (TPSA) is 64.8 Å². The summed E-state index contributed by atoms with van der Waals surface area (Å²) in [5, 5.41) is 10.6. The first-order valence-corrected chi connectivity index (χ1v) is 8.50. The minimum Gasteiger partial charge on any atom is -0.492 e. The maximum absolute atomic E-state index is 10.6. The summed E-state index contributed by atoms with van der Waals surface area (Å²) in [5.74, 6) is 6.87. The zero-order valence-electron chi connectivity index (χ0n) is 14.4. The van der Waals surface area contributed by atoms with E-state index in [0.717, 1.165) is 49.7 Å². The fourth-order valence-corrected chi connectivity index (χ4v) is 2.56. The second-order valence-corrected chi connectivity index (χ2v) is 5.88. The van der Waals surface area contributed by atoms with Gasteiger partial charge in [-0.1, -0.05) is 11.8 Å². The molecule has 1 saturated heterocycles. The second-order valence-electron chi connectivity index (χ2n) is 5.88. The van der Waals surface area contributed by atoms with E-state index in [1.807, 2.05) is 24.3 Å². The molecular formula is C20H20N2O4. The van der Waals surface area contributed by atoms with Gasteiger partial charge in [-0.25, -0.2) is 0 Å². The van der Waals surface area contributed by atoms with Gasteiger partial charge in [-0.2, -0.15) is 0 Å². The Hall–Kier alpha value is -2.88. The van der Waals surface area contributed by atoms with Gasteiger partial charge in [0.2, 0.25) is 0 Å². The van der Waals surface area contributed by atoms with Crippen LogP contribution in [-0.2, 0) is 4.74 Å². The molecule has 6 heteroatoms. The molecule has 0 saturated carbocycles. The summed E-state index contributed by atoms with van der Waals surface area (Å²) in [7, 11) is 0. The third-order valence-corrected chi connectivity index (χ3v) is 4.06. The van der Waals surface area contributed by atoms with Gasteiger partial charge in [-0.15, -0.1) is 0 Å². The maximum Gasteiger partial charge on any atom is 0.269 e. The Labute approximate surface area is 152 Å². The Morgan fingerprint density at radius 1 is 1.00 bits per heavy atom. The summed E-state index contributed by atoms with van der Waals surface area (Å²) in [6.45, 7) is 5.05. The van der Waals surface area contributed by atoms with E-state index in [-0.39, 0.29) is 5.69 Å². The van der Waals surface area contributed by atoms with Crippen molar-refractivity contribution < 1.29 is 14.4 Å². The molecule has 2 aromatic rings. The predicted molar refractivity (Wildman–Crippen MR) is 98.3 cm³/mol. The molecule has 0 bridgehead atoms. The van der Waals surface area contributed by atoms with Crippen molar-refractivity contribution in [1.29, 1.82) is 0 Å². The summed E-state index contributed by atoms with van der Waals surface area (Å²) >= 11 is 0. The third kappa shape index (κ3) is 5.31. The molecule has 0 amide bonds. The van der Waals surface area contributed by atoms with E-state index in [4.69, 9.17) is 9.47 Å². The number of ether oxygens (including phenoxy) is 2. The quantitative estimate of drug-likeness (QED) is 0.470. The number of hydrogen-bond donors (Lipinski definition) is 0. The van der Waals surface area contributed by atoms with Crippen LogP contribution in [0.4, 0.5) is 5.69 Å². The van der Waals surface area contributed by atoms with Gasteiger partial charge in [0, 0.05) is 42.9 Å². The highest BCUT2D eigenvalue weighted by Gasteiger charge is 2.09. The van der Waals surface area contributed by atoms with Crippen LogP contribution in [0.15, 0.2) is 48.5 Å². The fourth-order valence-electron chi connectivity index (χ4n) is 2.56. The average molecular weight is 352 g/mol. The van der Waals surface area contributed by atoms with Crippen LogP contribution in [-0.4, -0.2) is 49.3 Å². The molecular weight excluding hydrogens is 332 g/mol. The molecule has 134 valence electrons. The first kappa shape index (κ1) is 17.9. The van der Waals surface area contributed by atoms with E-state index in [9.17, 15) is 10.1 Å². The number of morpholine rings is 1. The van der Waals surface area contributed by atoms with Gasteiger partial charge >= 0.3 is 0 Å². The largest absolute Gasteiger partial charge is 0.492 e. The number of nitro benzene ring substituents is 1. The first-order chi connectivity index (χ1) is 12.7. The summed E-state index contributed by atoms with van der Waals surface area (Å²) in [4.78, 5) is 12.5. The molecule has 0 aliphatic carbocycles. The van der Waals surface area contributed by atoms with E-state index in [2.05, 4.69) is 16.7 Å². The van der Waals surface area contributed by atoms with Crippen LogP contribution in [0, 0.1) is 22.0 Å². The summed E-state index contributed by atoms with van der Waals surface area (Å²) in [5.41, 5.74) is 1.67. The summed E-state index contributed by atoms with van der Waals surface area (Å²) < 4.78 is 11.1. The molecule has 6 nitrogen and oxygen atoms in total. The van der Waals surface area contributed by atoms with E-state index in [0.29, 0.717) is 6.61 Å². The minimum absolute atomic E-state index is 0.0640. The number of benzene rings is 2. The van der Waals surface area contributed by atoms with Gasteiger partial charge in [0.25, 0.3) is 5.69 Å². The number of nitro groups is 1. The van der Waals surface area contributed by atoms with E-state index in [1.54, 1.807) is 12.1 Å². The smallest absolute Gasteiger partial charge is 0.269 e. The first-order valence-electron chi connectivity index (χ1n) is 8.50. The van der Waals surface area contributed by atoms with Crippen molar-refractivity contribution in [2.24, 2.45) is 0 Å². The molecule has 3 rings (SSSR count). The highest BCUT2D eigenvalue weighted by Crippen LogP contribution is 2.13. The van der Waals surface area contributed by atoms with Gasteiger partial charge in [0.1, 0.15) is 12.4 Å². The molecule has 0 aromatic heterocycles. The van der Waals surface area contributed by atoms with E-state index >= 15 is 0 Å². The van der Waals surface area contributed by atoms with Crippen molar-refractivity contribution in [3.63, 3.8) is 0 Å². The molecule has 2 aromatic carbocycles. The van der Waals surface area contributed by atoms with Crippen LogP contribution in [0.5, 0.6) is 5.75 Å². The molecule has 26 heavy (non-hydrogen) atoms. The third-order valence-electron chi connectivity index (χ3n) is 4.06. The lowest BCUT2D eigenvalue weighted by molar-refractivity contribution is -0.384. The van der Waals surface area contributed by atoms with Gasteiger partial charge in [-0.05, 0) is 36.4 Å². The van der Waals surface area contributed by atoms with E-state index < -0.39 is 4.92 Å². The van der Waals surface area contributed by atoms with Crippen LogP contribution >= 0.6 is 0 Å². The number of non-ortho nitro benzene ring substituents is 1. The zero-order valence-corrected chi connectivity index (χ0v) is 14.4. The molecule has 1 heterocycles. The molecule has 0 spiro atoms. The van der Waals surface area contributed by atoms with Crippen LogP contribution < -0.4 is 4.74 Å². The van der Waals surface area contributed by atoms with Crippen molar-refractivity contribution in [3.05, 3.63) is 69.8 Å². The van der Waals surface area contributed by atoms with Gasteiger partial charge in [0.15, 0.2) is 0 Å². The Kier molecular flexibility index (Phi) is 6.20. The molecule has 0 unspecified atom stereocenters. The lowest BCUT2D eigenvalue weighted by Crippen LogP contribution is -2.38. The lowest BCUT2D eigenvalue weighted by atomic mass is 10.1. The van der Waals surface area contributed by atoms with Crippen molar-refractivity contribution in [2.75, 3.05) is 39.5 Å². The number of rotatable bonds is 5. The Morgan fingerprint density at radius 2 is 1.58 bits per heavy atom. The van der Waals surface area contributed by atoms with Crippen LogP contribution in [0.2, 0.25) is 0 Å². The molecule has 1 fully saturated rings. The molecule has 1 aliphatic rings. The van der Waals surface area contributed by atoms with Gasteiger partial charge < -0.3 is 9.47 Å². The average Bonchev–Trinajstić information content (AvgIpc) is 2.68. The standard InChI is InChI=1S/C20H20N2O4/c23-22(24)19-7-3-17(4-8-19)1-2-18-5-9-20(10-6-18)26-16-13-21-11-14-25-15-12-21/h3-10H,11-16H2. The number of hydrogen-bond acceptors (Lipinski definition) is 5. The van der Waals surface area contributed by atoms with Crippen molar-refractivity contribution in [1.82, 2.24) is 4.90 Å². The molecule has 0 atom stereocenters. The van der Waals surface area contributed by atoms with Crippen LogP contribution in [0.25, 0.3) is 0 Å². The lowest BCUT2D eigenvalue weighted by Gasteiger charge is -2.26. The Bertz CT molecular complexity index is 785. The molecule has 0 N–H and O–H groups in total. The number of nitrogens with zero attached hydrogens (tertiary/aromatic N) is 2. The highest BCUT2D eigenvalue weighted by molar-refractivity contribution is 5.46. The van der Waals surface area contributed by atoms with Crippen molar-refractivity contribution in [3.8, 4) is 17.6 Å². The Morgan fingerprint density at radius 3 is 2.15 bits per heavy atom. The van der Waals surface area contributed by atoms with Gasteiger partial charge in [-0.3, -0.25) is 15.0 Å². The molecule has 0 radical (unpaired) electrons. The SMILES string of the molecule is O=[N+]([O-])c1ccc(C#Cc2ccc(OCCN3CCOCC3)cc2)cc1. The zero-order chi connectivity index (χ0) is 18.2. The van der Waals surface area contributed by atoms with E-state index in [1.165, 1.54) is 12.1 Å². The highest BCUT2D eigenvalue weighted by atomic mass is 16.6. The van der Waals surface area contributed by atoms with Crippen LogP contribution in [0.1, 0.15) is 11.1 Å². The molecule has 1 aliphatic heterocycles. The predicted octanol–water partition coefficient (Wildman–Crippen LogP) is 2.71. The van der Waals surface area contributed by atoms with Crippen molar-refractivity contribution >= 4 is 5.69 Å². The summed E-state index contributed by atoms with van der Waals surface area (Å²) in [6, 6.07) is 13.8. The maximum atomic E-state index is 10.6. The van der Waals surface area contributed by atoms with Gasteiger partial charge in [0.05, 0.1) is 18.1 Å².